The minimum Gasteiger partial charge on any atom is -0.497 e. The van der Waals surface area contributed by atoms with E-state index in [9.17, 15) is 4.39 Å². The average Bonchev–Trinajstić information content (AvgIpc) is 3.23. The standard InChI is InChI=1S/C21H29FN4O/c1-16-11-23-20(24-16)13-26-9-7-21(15-26)6-3-8-25(14-21)12-17-10-18(27-2)4-5-19(17)22/h4-5,10-11H,3,6-9,12-15H2,1-2H3,(H,23,24)/t21-/m1/s1. The molecule has 146 valence electrons. The first-order valence-corrected chi connectivity index (χ1v) is 9.83. The molecule has 1 spiro atoms. The van der Waals surface area contributed by atoms with E-state index in [1.807, 2.05) is 19.2 Å². The van der Waals surface area contributed by atoms with Gasteiger partial charge >= 0.3 is 0 Å². The summed E-state index contributed by atoms with van der Waals surface area (Å²) in [5.41, 5.74) is 2.17. The fourth-order valence-corrected chi connectivity index (χ4v) is 4.74. The Labute approximate surface area is 160 Å². The second-order valence-corrected chi connectivity index (χ2v) is 8.25. The third kappa shape index (κ3) is 4.17. The van der Waals surface area contributed by atoms with Crippen molar-refractivity contribution in [2.24, 2.45) is 5.41 Å². The van der Waals surface area contributed by atoms with Crippen molar-refractivity contribution in [1.82, 2.24) is 19.8 Å². The first-order chi connectivity index (χ1) is 13.0. The molecule has 2 saturated heterocycles. The zero-order valence-electron chi connectivity index (χ0n) is 16.3. The number of ether oxygens (including phenoxy) is 1. The van der Waals surface area contributed by atoms with Gasteiger partial charge in [-0.3, -0.25) is 9.80 Å². The number of benzene rings is 1. The van der Waals surface area contributed by atoms with Crippen LogP contribution in [-0.2, 0) is 13.1 Å². The van der Waals surface area contributed by atoms with Gasteiger partial charge in [-0.2, -0.15) is 0 Å². The number of aryl methyl sites for hydroxylation is 1. The number of hydrogen-bond acceptors (Lipinski definition) is 4. The van der Waals surface area contributed by atoms with Gasteiger partial charge in [0.2, 0.25) is 0 Å². The molecule has 1 atom stereocenters. The molecule has 0 aliphatic carbocycles. The highest BCUT2D eigenvalue weighted by Gasteiger charge is 2.41. The van der Waals surface area contributed by atoms with Gasteiger partial charge in [0.25, 0.3) is 0 Å². The van der Waals surface area contributed by atoms with Gasteiger partial charge in [0.1, 0.15) is 17.4 Å². The SMILES string of the molecule is COc1ccc(F)c(CN2CCC[C@@]3(CCN(Cc4ncc(C)[nH]4)C3)C2)c1. The number of hydrogen-bond donors (Lipinski definition) is 1. The summed E-state index contributed by atoms with van der Waals surface area (Å²) >= 11 is 0. The third-order valence-corrected chi connectivity index (χ3v) is 6.03. The molecule has 1 N–H and O–H groups in total. The van der Waals surface area contributed by atoms with Crippen LogP contribution in [0.5, 0.6) is 5.75 Å². The van der Waals surface area contributed by atoms with Crippen LogP contribution in [0.25, 0.3) is 0 Å². The molecular weight excluding hydrogens is 343 g/mol. The normalized spacial score (nSPS) is 24.0. The van der Waals surface area contributed by atoms with Crippen molar-refractivity contribution in [1.29, 1.82) is 0 Å². The zero-order chi connectivity index (χ0) is 18.9. The van der Waals surface area contributed by atoms with Crippen molar-refractivity contribution in [2.45, 2.75) is 39.3 Å². The molecule has 5 nitrogen and oxygen atoms in total. The summed E-state index contributed by atoms with van der Waals surface area (Å²) in [5, 5.41) is 0. The van der Waals surface area contributed by atoms with E-state index in [1.165, 1.54) is 25.3 Å². The smallest absolute Gasteiger partial charge is 0.127 e. The topological polar surface area (TPSA) is 44.4 Å². The lowest BCUT2D eigenvalue weighted by molar-refractivity contribution is 0.0855. The number of methoxy groups -OCH3 is 1. The number of nitrogens with one attached hydrogen (secondary N) is 1. The Bertz CT molecular complexity index is 792. The molecule has 6 heteroatoms. The van der Waals surface area contributed by atoms with Gasteiger partial charge in [0.15, 0.2) is 0 Å². The number of piperidine rings is 1. The van der Waals surface area contributed by atoms with Gasteiger partial charge in [-0.1, -0.05) is 0 Å². The first kappa shape index (κ1) is 18.4. The Morgan fingerprint density at radius 2 is 2.00 bits per heavy atom. The Morgan fingerprint density at radius 1 is 1.19 bits per heavy atom. The van der Waals surface area contributed by atoms with Crippen molar-refractivity contribution in [3.05, 3.63) is 47.3 Å². The molecule has 3 heterocycles. The summed E-state index contributed by atoms with van der Waals surface area (Å²) in [6, 6.07) is 5.02. The number of rotatable bonds is 5. The van der Waals surface area contributed by atoms with Crippen LogP contribution in [0.2, 0.25) is 0 Å². The summed E-state index contributed by atoms with van der Waals surface area (Å²) in [7, 11) is 1.63. The van der Waals surface area contributed by atoms with Gasteiger partial charge < -0.3 is 9.72 Å². The van der Waals surface area contributed by atoms with E-state index in [-0.39, 0.29) is 5.82 Å². The van der Waals surface area contributed by atoms with E-state index in [2.05, 4.69) is 19.8 Å². The molecule has 2 fully saturated rings. The van der Waals surface area contributed by atoms with Gasteiger partial charge in [-0.05, 0) is 62.9 Å². The second-order valence-electron chi connectivity index (χ2n) is 8.25. The van der Waals surface area contributed by atoms with Crippen LogP contribution in [0.4, 0.5) is 4.39 Å². The number of nitrogens with zero attached hydrogens (tertiary/aromatic N) is 3. The van der Waals surface area contributed by atoms with E-state index in [0.717, 1.165) is 55.6 Å². The second kappa shape index (κ2) is 7.60. The van der Waals surface area contributed by atoms with E-state index >= 15 is 0 Å². The summed E-state index contributed by atoms with van der Waals surface area (Å²) in [6.45, 7) is 7.87. The Balaban J connectivity index is 1.39. The van der Waals surface area contributed by atoms with E-state index in [0.29, 0.717) is 12.0 Å². The number of halogens is 1. The van der Waals surface area contributed by atoms with Crippen LogP contribution in [0.1, 0.15) is 36.3 Å². The quantitative estimate of drug-likeness (QED) is 0.874. The van der Waals surface area contributed by atoms with Crippen molar-refractivity contribution in [3.8, 4) is 5.75 Å². The number of aromatic nitrogens is 2. The highest BCUT2D eigenvalue weighted by Crippen LogP contribution is 2.39. The monoisotopic (exact) mass is 372 g/mol. The maximum absolute atomic E-state index is 14.2. The maximum atomic E-state index is 14.2. The van der Waals surface area contributed by atoms with Crippen molar-refractivity contribution in [2.75, 3.05) is 33.3 Å². The van der Waals surface area contributed by atoms with E-state index in [1.54, 1.807) is 13.2 Å². The third-order valence-electron chi connectivity index (χ3n) is 6.03. The number of H-pyrrole nitrogens is 1. The highest BCUT2D eigenvalue weighted by molar-refractivity contribution is 5.29. The lowest BCUT2D eigenvalue weighted by atomic mass is 9.79. The molecule has 1 aromatic carbocycles. The van der Waals surface area contributed by atoms with Crippen LogP contribution >= 0.6 is 0 Å². The Hall–Kier alpha value is -1.92. The molecular formula is C21H29FN4O. The Morgan fingerprint density at radius 3 is 2.74 bits per heavy atom. The van der Waals surface area contributed by atoms with Gasteiger partial charge in [-0.25, -0.2) is 9.37 Å². The predicted octanol–water partition coefficient (Wildman–Crippen LogP) is 3.35. The van der Waals surface area contributed by atoms with E-state index < -0.39 is 0 Å². The molecule has 0 unspecified atom stereocenters. The Kier molecular flexibility index (Phi) is 5.19. The summed E-state index contributed by atoms with van der Waals surface area (Å²) < 4.78 is 19.5. The van der Waals surface area contributed by atoms with Gasteiger partial charge in [-0.15, -0.1) is 0 Å². The minimum absolute atomic E-state index is 0.142. The van der Waals surface area contributed by atoms with Crippen LogP contribution in [0.3, 0.4) is 0 Å². The van der Waals surface area contributed by atoms with Crippen molar-refractivity contribution >= 4 is 0 Å². The number of imidazole rings is 1. The summed E-state index contributed by atoms with van der Waals surface area (Å²) in [4.78, 5) is 12.7. The fourth-order valence-electron chi connectivity index (χ4n) is 4.74. The van der Waals surface area contributed by atoms with Crippen LogP contribution in [-0.4, -0.2) is 53.1 Å². The lowest BCUT2D eigenvalue weighted by Crippen LogP contribution is -2.44. The molecule has 27 heavy (non-hydrogen) atoms. The van der Waals surface area contributed by atoms with Gasteiger partial charge in [0, 0.05) is 37.1 Å². The van der Waals surface area contributed by atoms with E-state index in [4.69, 9.17) is 4.74 Å². The minimum atomic E-state index is -0.142. The molecule has 2 aliphatic heterocycles. The highest BCUT2D eigenvalue weighted by atomic mass is 19.1. The van der Waals surface area contributed by atoms with Crippen LogP contribution < -0.4 is 4.74 Å². The largest absolute Gasteiger partial charge is 0.497 e. The van der Waals surface area contributed by atoms with Crippen molar-refractivity contribution < 1.29 is 9.13 Å². The summed E-state index contributed by atoms with van der Waals surface area (Å²) in [6.07, 6.45) is 5.55. The molecule has 0 bridgehead atoms. The fraction of sp³-hybridized carbons (Fsp3) is 0.571. The lowest BCUT2D eigenvalue weighted by Gasteiger charge is -2.40. The predicted molar refractivity (Wildman–Crippen MR) is 103 cm³/mol. The number of likely N-dealkylation sites (tertiary alicyclic amines) is 2. The zero-order valence-corrected chi connectivity index (χ0v) is 16.3. The first-order valence-electron chi connectivity index (χ1n) is 9.83. The molecule has 2 aromatic rings. The maximum Gasteiger partial charge on any atom is 0.127 e. The molecule has 1 aromatic heterocycles. The van der Waals surface area contributed by atoms with Crippen LogP contribution in [0, 0.1) is 18.2 Å². The molecule has 4 rings (SSSR count). The molecule has 0 saturated carbocycles. The van der Waals surface area contributed by atoms with Gasteiger partial charge in [0.05, 0.1) is 13.7 Å². The number of aromatic amines is 1. The molecule has 2 aliphatic rings. The van der Waals surface area contributed by atoms with Crippen molar-refractivity contribution in [3.63, 3.8) is 0 Å². The average molecular weight is 372 g/mol. The summed E-state index contributed by atoms with van der Waals surface area (Å²) in [5.74, 6) is 1.63. The van der Waals surface area contributed by atoms with Crippen LogP contribution in [0.15, 0.2) is 24.4 Å². The molecule has 0 amide bonds. The molecule has 0 radical (unpaired) electrons.